The van der Waals surface area contributed by atoms with Crippen molar-refractivity contribution in [3.05, 3.63) is 51.2 Å². The van der Waals surface area contributed by atoms with E-state index in [1.165, 1.54) is 10.6 Å². The fourth-order valence-corrected chi connectivity index (χ4v) is 2.74. The van der Waals surface area contributed by atoms with Gasteiger partial charge in [0, 0.05) is 63.4 Å². The van der Waals surface area contributed by atoms with Crippen LogP contribution in [0.2, 0.25) is 0 Å². The van der Waals surface area contributed by atoms with Crippen LogP contribution in [0.4, 0.5) is 5.82 Å². The maximum atomic E-state index is 11.9. The first-order valence-electron chi connectivity index (χ1n) is 7.67. The molecule has 2 aromatic rings. The molecule has 122 valence electrons. The van der Waals surface area contributed by atoms with Crippen molar-refractivity contribution in [2.24, 2.45) is 0 Å². The van der Waals surface area contributed by atoms with Crippen LogP contribution in [-0.4, -0.2) is 57.1 Å². The predicted molar refractivity (Wildman–Crippen MR) is 86.7 cm³/mol. The molecule has 3 heterocycles. The second-order valence-electron chi connectivity index (χ2n) is 5.64. The third-order valence-corrected chi connectivity index (χ3v) is 4.04. The molecular formula is C15H20N6O2. The van der Waals surface area contributed by atoms with Crippen molar-refractivity contribution in [2.45, 2.75) is 13.5 Å². The molecule has 0 atom stereocenters. The van der Waals surface area contributed by atoms with Crippen LogP contribution in [0.25, 0.3) is 0 Å². The van der Waals surface area contributed by atoms with Gasteiger partial charge in [0.15, 0.2) is 0 Å². The summed E-state index contributed by atoms with van der Waals surface area (Å²) in [7, 11) is 0. The van der Waals surface area contributed by atoms with Crippen molar-refractivity contribution >= 4 is 5.82 Å². The van der Waals surface area contributed by atoms with E-state index in [1.54, 1.807) is 25.5 Å². The minimum atomic E-state index is -0.340. The normalized spacial score (nSPS) is 15.8. The van der Waals surface area contributed by atoms with Crippen LogP contribution in [0.5, 0.6) is 0 Å². The molecule has 0 radical (unpaired) electrons. The summed E-state index contributed by atoms with van der Waals surface area (Å²) in [5.41, 5.74) is 0.00600. The van der Waals surface area contributed by atoms with Crippen molar-refractivity contribution in [2.75, 3.05) is 37.6 Å². The molecule has 1 aliphatic heterocycles. The van der Waals surface area contributed by atoms with E-state index < -0.39 is 0 Å². The van der Waals surface area contributed by atoms with Crippen molar-refractivity contribution in [1.82, 2.24) is 24.4 Å². The highest BCUT2D eigenvalue weighted by Gasteiger charge is 2.18. The summed E-state index contributed by atoms with van der Waals surface area (Å²) in [6, 6.07) is 1.45. The Hall–Kier alpha value is -2.48. The fourth-order valence-electron chi connectivity index (χ4n) is 2.74. The summed E-state index contributed by atoms with van der Waals surface area (Å²) >= 11 is 0. The van der Waals surface area contributed by atoms with Gasteiger partial charge in [-0.1, -0.05) is 0 Å². The lowest BCUT2D eigenvalue weighted by molar-refractivity contribution is 0.245. The van der Waals surface area contributed by atoms with E-state index in [4.69, 9.17) is 0 Å². The van der Waals surface area contributed by atoms with Gasteiger partial charge in [0.25, 0.3) is 5.56 Å². The van der Waals surface area contributed by atoms with Crippen molar-refractivity contribution in [1.29, 1.82) is 0 Å². The van der Waals surface area contributed by atoms with E-state index in [1.807, 2.05) is 0 Å². The quantitative estimate of drug-likeness (QED) is 0.815. The van der Waals surface area contributed by atoms with Crippen molar-refractivity contribution in [3.8, 4) is 0 Å². The molecule has 0 bridgehead atoms. The molecule has 2 aromatic heterocycles. The second kappa shape index (κ2) is 6.74. The van der Waals surface area contributed by atoms with Crippen LogP contribution in [0.3, 0.4) is 0 Å². The average Bonchev–Trinajstić information content (AvgIpc) is 2.55. The number of H-pyrrole nitrogens is 1. The van der Waals surface area contributed by atoms with Gasteiger partial charge >= 0.3 is 5.69 Å². The third-order valence-electron chi connectivity index (χ3n) is 4.04. The summed E-state index contributed by atoms with van der Waals surface area (Å²) in [5, 5.41) is 0. The maximum Gasteiger partial charge on any atom is 0.328 e. The molecule has 0 spiro atoms. The summed E-state index contributed by atoms with van der Waals surface area (Å²) in [6.07, 6.45) is 5.12. The summed E-state index contributed by atoms with van der Waals surface area (Å²) in [5.74, 6) is 0.887. The Bertz CT molecular complexity index is 730. The number of anilines is 1. The first-order valence-corrected chi connectivity index (χ1v) is 7.67. The number of piperazine rings is 1. The van der Waals surface area contributed by atoms with Crippen LogP contribution in [0.1, 0.15) is 5.69 Å². The minimum absolute atomic E-state index is 0.246. The Labute approximate surface area is 133 Å². The topological polar surface area (TPSA) is 87.1 Å². The van der Waals surface area contributed by atoms with Crippen molar-refractivity contribution < 1.29 is 0 Å². The first-order chi connectivity index (χ1) is 11.1. The number of rotatable bonds is 4. The zero-order valence-electron chi connectivity index (χ0n) is 13.1. The van der Waals surface area contributed by atoms with Crippen LogP contribution < -0.4 is 16.1 Å². The number of nitrogens with zero attached hydrogens (tertiary/aromatic N) is 5. The second-order valence-corrected chi connectivity index (χ2v) is 5.64. The van der Waals surface area contributed by atoms with Gasteiger partial charge in [-0.05, 0) is 6.92 Å². The van der Waals surface area contributed by atoms with Gasteiger partial charge in [-0.15, -0.1) is 0 Å². The molecule has 1 aliphatic rings. The average molecular weight is 316 g/mol. The van der Waals surface area contributed by atoms with E-state index in [0.29, 0.717) is 18.8 Å². The zero-order valence-corrected chi connectivity index (χ0v) is 13.1. The van der Waals surface area contributed by atoms with Crippen LogP contribution >= 0.6 is 0 Å². The lowest BCUT2D eigenvalue weighted by Gasteiger charge is -2.35. The minimum Gasteiger partial charge on any atom is -0.353 e. The van der Waals surface area contributed by atoms with Gasteiger partial charge in [-0.25, -0.2) is 9.78 Å². The Kier molecular flexibility index (Phi) is 4.52. The Morgan fingerprint density at radius 2 is 1.91 bits per heavy atom. The molecule has 8 heteroatoms. The molecule has 0 aliphatic carbocycles. The predicted octanol–water partition coefficient (Wildman–Crippen LogP) is -0.543. The largest absolute Gasteiger partial charge is 0.353 e. The molecule has 1 saturated heterocycles. The van der Waals surface area contributed by atoms with Crippen LogP contribution in [0.15, 0.2) is 34.2 Å². The van der Waals surface area contributed by atoms with E-state index in [-0.39, 0.29) is 11.2 Å². The van der Waals surface area contributed by atoms with Gasteiger partial charge in [-0.2, -0.15) is 0 Å². The maximum absolute atomic E-state index is 11.9. The monoisotopic (exact) mass is 316 g/mol. The number of hydrogen-bond donors (Lipinski definition) is 1. The standard InChI is InChI=1S/C15H20N6O2/c1-12-10-14(22)21(15(23)18-12)9-6-19-4-7-20(8-5-19)13-11-16-2-3-17-13/h2-3,10-11H,4-9H2,1H3,(H,18,23). The van der Waals surface area contributed by atoms with Gasteiger partial charge in [-0.3, -0.25) is 19.2 Å². The Morgan fingerprint density at radius 3 is 2.57 bits per heavy atom. The molecule has 0 aromatic carbocycles. The molecule has 1 N–H and O–H groups in total. The Morgan fingerprint density at radius 1 is 1.13 bits per heavy atom. The SMILES string of the molecule is Cc1cc(=O)n(CCN2CCN(c3cnccn3)CC2)c(=O)[nH]1. The number of nitrogens with one attached hydrogen (secondary N) is 1. The molecule has 1 fully saturated rings. The fraction of sp³-hybridized carbons (Fsp3) is 0.467. The number of aryl methyl sites for hydroxylation is 1. The molecule has 3 rings (SSSR count). The summed E-state index contributed by atoms with van der Waals surface area (Å²) in [6.45, 7) is 6.25. The molecule has 8 nitrogen and oxygen atoms in total. The highest BCUT2D eigenvalue weighted by Crippen LogP contribution is 2.11. The van der Waals surface area contributed by atoms with Gasteiger partial charge in [0.1, 0.15) is 5.82 Å². The lowest BCUT2D eigenvalue weighted by Crippen LogP contribution is -2.48. The molecular weight excluding hydrogens is 296 g/mol. The van der Waals surface area contributed by atoms with Gasteiger partial charge < -0.3 is 9.88 Å². The van der Waals surface area contributed by atoms with E-state index in [2.05, 4.69) is 24.8 Å². The van der Waals surface area contributed by atoms with E-state index in [9.17, 15) is 9.59 Å². The van der Waals surface area contributed by atoms with E-state index in [0.717, 1.165) is 32.0 Å². The third kappa shape index (κ3) is 3.65. The zero-order chi connectivity index (χ0) is 16.2. The summed E-state index contributed by atoms with van der Waals surface area (Å²) in [4.78, 5) is 39.2. The Balaban J connectivity index is 1.56. The summed E-state index contributed by atoms with van der Waals surface area (Å²) < 4.78 is 1.25. The molecule has 0 unspecified atom stereocenters. The highest BCUT2D eigenvalue weighted by atomic mass is 16.2. The van der Waals surface area contributed by atoms with E-state index >= 15 is 0 Å². The van der Waals surface area contributed by atoms with Crippen LogP contribution in [0, 0.1) is 6.92 Å². The lowest BCUT2D eigenvalue weighted by atomic mass is 10.3. The molecule has 0 amide bonds. The molecule has 0 saturated carbocycles. The number of aromatic amines is 1. The first kappa shape index (κ1) is 15.4. The van der Waals surface area contributed by atoms with Gasteiger partial charge in [0.05, 0.1) is 6.20 Å². The highest BCUT2D eigenvalue weighted by molar-refractivity contribution is 5.35. The smallest absolute Gasteiger partial charge is 0.328 e. The number of aromatic nitrogens is 4. The van der Waals surface area contributed by atoms with Gasteiger partial charge in [0.2, 0.25) is 0 Å². The molecule has 23 heavy (non-hydrogen) atoms. The van der Waals surface area contributed by atoms with Crippen molar-refractivity contribution in [3.63, 3.8) is 0 Å². The number of hydrogen-bond acceptors (Lipinski definition) is 6. The van der Waals surface area contributed by atoms with Crippen LogP contribution in [-0.2, 0) is 6.54 Å².